The van der Waals surface area contributed by atoms with Gasteiger partial charge in [-0.05, 0) is 48.7 Å². The maximum Gasteiger partial charge on any atom is 0.227 e. The van der Waals surface area contributed by atoms with Gasteiger partial charge in [-0.3, -0.25) is 4.79 Å². The Hall–Kier alpha value is -3.32. The number of nitrogens with zero attached hydrogens (tertiary/aromatic N) is 3. The largest absolute Gasteiger partial charge is 0.495 e. The van der Waals surface area contributed by atoms with E-state index in [2.05, 4.69) is 25.5 Å². The summed E-state index contributed by atoms with van der Waals surface area (Å²) in [5.41, 5.74) is 1.81. The lowest BCUT2D eigenvalue weighted by molar-refractivity contribution is -0.125. The van der Waals surface area contributed by atoms with Gasteiger partial charge in [-0.2, -0.15) is 4.98 Å². The van der Waals surface area contributed by atoms with Crippen LogP contribution in [-0.4, -0.2) is 36.1 Å². The Morgan fingerprint density at radius 1 is 1.22 bits per heavy atom. The average molecular weight is 452 g/mol. The third-order valence-electron chi connectivity index (χ3n) is 5.44. The van der Waals surface area contributed by atoms with Crippen LogP contribution in [0.5, 0.6) is 5.75 Å². The van der Waals surface area contributed by atoms with Crippen molar-refractivity contribution >= 4 is 35.0 Å². The molecular formula is C24H26ClN5O2. The Morgan fingerprint density at radius 3 is 2.94 bits per heavy atom. The molecule has 1 amide bonds. The number of halogens is 1. The predicted molar refractivity (Wildman–Crippen MR) is 127 cm³/mol. The third-order valence-corrected chi connectivity index (χ3v) is 5.68. The van der Waals surface area contributed by atoms with Crippen molar-refractivity contribution in [3.8, 4) is 5.75 Å². The Morgan fingerprint density at radius 2 is 2.09 bits per heavy atom. The fourth-order valence-corrected chi connectivity index (χ4v) is 4.02. The third kappa shape index (κ3) is 5.48. The second-order valence-electron chi connectivity index (χ2n) is 7.70. The highest BCUT2D eigenvalue weighted by molar-refractivity contribution is 6.30. The maximum atomic E-state index is 12.8. The van der Waals surface area contributed by atoms with E-state index in [9.17, 15) is 4.79 Å². The number of carbonyl (C=O) groups is 1. The summed E-state index contributed by atoms with van der Waals surface area (Å²) in [7, 11) is 1.64. The molecule has 7 nitrogen and oxygen atoms in total. The van der Waals surface area contributed by atoms with Crippen LogP contribution in [0.4, 0.5) is 17.5 Å². The number of ether oxygens (including phenoxy) is 1. The van der Waals surface area contributed by atoms with E-state index < -0.39 is 0 Å². The topological polar surface area (TPSA) is 79.4 Å². The number of carbonyl (C=O) groups excluding carboxylic acids is 1. The molecule has 0 spiro atoms. The zero-order valence-corrected chi connectivity index (χ0v) is 18.7. The van der Waals surface area contributed by atoms with E-state index in [0.29, 0.717) is 29.9 Å². The summed E-state index contributed by atoms with van der Waals surface area (Å²) in [5.74, 6) is 1.95. The number of hydrogen-bond acceptors (Lipinski definition) is 6. The summed E-state index contributed by atoms with van der Waals surface area (Å²) in [6.07, 6.45) is 3.47. The molecule has 1 aliphatic rings. The standard InChI is InChI=1S/C24H26ClN5O2/c1-32-21-10-3-2-9-20(21)28-22-11-12-26-24(29-22)30-13-5-7-18(16-30)23(31)27-15-17-6-4-8-19(25)14-17/h2-4,6,8-12,14,18H,5,7,13,15-16H2,1H3,(H,27,31)(H,26,28,29). The van der Waals surface area contributed by atoms with Crippen molar-refractivity contribution in [1.29, 1.82) is 0 Å². The fraction of sp³-hybridized carbons (Fsp3) is 0.292. The molecule has 1 aliphatic heterocycles. The van der Waals surface area contributed by atoms with Crippen LogP contribution in [0.25, 0.3) is 0 Å². The molecule has 32 heavy (non-hydrogen) atoms. The van der Waals surface area contributed by atoms with E-state index in [0.717, 1.165) is 36.4 Å². The Bertz CT molecular complexity index is 1080. The Kier molecular flexibility index (Phi) is 7.07. The zero-order chi connectivity index (χ0) is 22.3. The van der Waals surface area contributed by atoms with E-state index >= 15 is 0 Å². The van der Waals surface area contributed by atoms with Crippen molar-refractivity contribution in [2.24, 2.45) is 5.92 Å². The number of amides is 1. The molecule has 0 aliphatic carbocycles. The number of nitrogens with one attached hydrogen (secondary N) is 2. The molecule has 1 saturated heterocycles. The van der Waals surface area contributed by atoms with Gasteiger partial charge < -0.3 is 20.3 Å². The molecule has 2 N–H and O–H groups in total. The fourth-order valence-electron chi connectivity index (χ4n) is 3.81. The van der Waals surface area contributed by atoms with Crippen LogP contribution >= 0.6 is 11.6 Å². The highest BCUT2D eigenvalue weighted by Crippen LogP contribution is 2.27. The number of piperidine rings is 1. The molecule has 1 atom stereocenters. The van der Waals surface area contributed by atoms with Crippen LogP contribution in [0, 0.1) is 5.92 Å². The summed E-state index contributed by atoms with van der Waals surface area (Å²) in [6, 6.07) is 17.0. The molecule has 166 valence electrons. The van der Waals surface area contributed by atoms with Gasteiger partial charge in [0.25, 0.3) is 0 Å². The van der Waals surface area contributed by atoms with Gasteiger partial charge in [0.05, 0.1) is 18.7 Å². The maximum absolute atomic E-state index is 12.8. The van der Waals surface area contributed by atoms with Gasteiger partial charge in [0.1, 0.15) is 11.6 Å². The van der Waals surface area contributed by atoms with Crippen LogP contribution in [0.3, 0.4) is 0 Å². The minimum absolute atomic E-state index is 0.0398. The van der Waals surface area contributed by atoms with Crippen LogP contribution in [0.15, 0.2) is 60.8 Å². The van der Waals surface area contributed by atoms with Gasteiger partial charge in [0, 0.05) is 30.9 Å². The minimum Gasteiger partial charge on any atom is -0.495 e. The molecule has 0 bridgehead atoms. The van der Waals surface area contributed by atoms with E-state index in [1.807, 2.05) is 54.6 Å². The zero-order valence-electron chi connectivity index (χ0n) is 17.9. The number of hydrogen-bond donors (Lipinski definition) is 2. The van der Waals surface area contributed by atoms with Gasteiger partial charge in [-0.15, -0.1) is 0 Å². The first-order chi connectivity index (χ1) is 15.6. The lowest BCUT2D eigenvalue weighted by atomic mass is 9.97. The quantitative estimate of drug-likeness (QED) is 0.553. The Balaban J connectivity index is 1.39. The van der Waals surface area contributed by atoms with Crippen LogP contribution in [-0.2, 0) is 11.3 Å². The number of anilines is 3. The molecule has 2 heterocycles. The molecule has 1 fully saturated rings. The summed E-state index contributed by atoms with van der Waals surface area (Å²) in [5, 5.41) is 6.99. The smallest absolute Gasteiger partial charge is 0.227 e. The average Bonchev–Trinajstić information content (AvgIpc) is 2.83. The monoisotopic (exact) mass is 451 g/mol. The van der Waals surface area contributed by atoms with Crippen molar-refractivity contribution in [1.82, 2.24) is 15.3 Å². The lowest BCUT2D eigenvalue weighted by Crippen LogP contribution is -2.43. The SMILES string of the molecule is COc1ccccc1Nc1ccnc(N2CCCC(C(=O)NCc3cccc(Cl)c3)C2)n1. The summed E-state index contributed by atoms with van der Waals surface area (Å²) in [4.78, 5) is 24.0. The number of benzene rings is 2. The number of aromatic nitrogens is 2. The predicted octanol–water partition coefficient (Wildman–Crippen LogP) is 4.42. The second-order valence-corrected chi connectivity index (χ2v) is 8.14. The van der Waals surface area contributed by atoms with Crippen molar-refractivity contribution < 1.29 is 9.53 Å². The second kappa shape index (κ2) is 10.3. The molecule has 2 aromatic carbocycles. The first-order valence-corrected chi connectivity index (χ1v) is 11.0. The van der Waals surface area contributed by atoms with E-state index in [-0.39, 0.29) is 11.8 Å². The number of para-hydroxylation sites is 2. The first kappa shape index (κ1) is 21.9. The number of rotatable bonds is 7. The summed E-state index contributed by atoms with van der Waals surface area (Å²) < 4.78 is 5.40. The summed E-state index contributed by atoms with van der Waals surface area (Å²) in [6.45, 7) is 1.86. The van der Waals surface area contributed by atoms with Gasteiger partial charge in [-0.1, -0.05) is 35.9 Å². The van der Waals surface area contributed by atoms with Crippen LogP contribution in [0.2, 0.25) is 5.02 Å². The van der Waals surface area contributed by atoms with Gasteiger partial charge >= 0.3 is 0 Å². The molecule has 0 radical (unpaired) electrons. The first-order valence-electron chi connectivity index (χ1n) is 10.6. The highest BCUT2D eigenvalue weighted by Gasteiger charge is 2.27. The minimum atomic E-state index is -0.114. The normalized spacial score (nSPS) is 15.8. The van der Waals surface area contributed by atoms with Crippen LogP contribution < -0.4 is 20.3 Å². The molecule has 8 heteroatoms. The molecule has 1 unspecified atom stereocenters. The van der Waals surface area contributed by atoms with Crippen molar-refractivity contribution in [2.45, 2.75) is 19.4 Å². The summed E-state index contributed by atoms with van der Waals surface area (Å²) >= 11 is 6.03. The van der Waals surface area contributed by atoms with Crippen molar-refractivity contribution in [3.05, 3.63) is 71.4 Å². The molecule has 4 rings (SSSR count). The van der Waals surface area contributed by atoms with E-state index in [1.165, 1.54) is 0 Å². The van der Waals surface area contributed by atoms with E-state index in [1.54, 1.807) is 13.3 Å². The van der Waals surface area contributed by atoms with Crippen molar-refractivity contribution in [3.63, 3.8) is 0 Å². The Labute approximate surface area is 192 Å². The van der Waals surface area contributed by atoms with Crippen molar-refractivity contribution in [2.75, 3.05) is 30.4 Å². The molecule has 0 saturated carbocycles. The van der Waals surface area contributed by atoms with E-state index in [4.69, 9.17) is 16.3 Å². The molecule has 1 aromatic heterocycles. The van der Waals surface area contributed by atoms with Gasteiger partial charge in [0.15, 0.2) is 0 Å². The number of methoxy groups -OCH3 is 1. The molecular weight excluding hydrogens is 426 g/mol. The molecule has 3 aromatic rings. The van der Waals surface area contributed by atoms with Crippen LogP contribution in [0.1, 0.15) is 18.4 Å². The lowest BCUT2D eigenvalue weighted by Gasteiger charge is -2.32. The highest BCUT2D eigenvalue weighted by atomic mass is 35.5. The van der Waals surface area contributed by atoms with Gasteiger partial charge in [0.2, 0.25) is 11.9 Å². The van der Waals surface area contributed by atoms with Gasteiger partial charge in [-0.25, -0.2) is 4.98 Å².